The van der Waals surface area contributed by atoms with Gasteiger partial charge in [0.05, 0.1) is 11.8 Å². The summed E-state index contributed by atoms with van der Waals surface area (Å²) in [5.74, 6) is 0.269. The average Bonchev–Trinajstić information content (AvgIpc) is 2.62. The first kappa shape index (κ1) is 17.3. The number of hydrogen-bond acceptors (Lipinski definition) is 6. The molecule has 0 aliphatic rings. The summed E-state index contributed by atoms with van der Waals surface area (Å²) in [6.07, 6.45) is 1.95. The molecule has 132 valence electrons. The topological polar surface area (TPSA) is 92.7 Å². The van der Waals surface area contributed by atoms with Gasteiger partial charge in [0.2, 0.25) is 0 Å². The maximum Gasteiger partial charge on any atom is 0.417 e. The molecule has 3 rings (SSSR count). The number of hydrogen-bond donors (Lipinski definition) is 2. The molecule has 0 unspecified atom stereocenters. The lowest BCUT2D eigenvalue weighted by atomic mass is 10.2. The number of aromatic nitrogens is 4. The molecule has 0 aromatic carbocycles. The lowest BCUT2D eigenvalue weighted by Gasteiger charge is -2.09. The molecule has 3 heterocycles. The van der Waals surface area contributed by atoms with Crippen LogP contribution in [-0.4, -0.2) is 25.8 Å². The Morgan fingerprint density at radius 3 is 2.35 bits per heavy atom. The van der Waals surface area contributed by atoms with E-state index in [4.69, 9.17) is 0 Å². The van der Waals surface area contributed by atoms with Crippen molar-refractivity contribution in [1.29, 1.82) is 0 Å². The second-order valence-electron chi connectivity index (χ2n) is 5.03. The molecule has 3 aromatic heterocycles. The number of nitrogens with zero attached hydrogens (tertiary/aromatic N) is 4. The molecule has 3 aromatic rings. The van der Waals surface area contributed by atoms with Gasteiger partial charge in [-0.15, -0.1) is 0 Å². The summed E-state index contributed by atoms with van der Waals surface area (Å²) < 4.78 is 37.6. The van der Waals surface area contributed by atoms with Crippen molar-refractivity contribution in [2.45, 2.75) is 6.18 Å². The number of rotatable bonds is 4. The van der Waals surface area contributed by atoms with Crippen molar-refractivity contribution >= 4 is 23.4 Å². The number of amides is 1. The number of halogens is 3. The SMILES string of the molecule is O=C(Nc1cnccn1)c1ccnc(Nc2ccc(C(F)(F)F)cn2)c1. The van der Waals surface area contributed by atoms with Gasteiger partial charge in [0.1, 0.15) is 11.6 Å². The molecule has 0 saturated carbocycles. The van der Waals surface area contributed by atoms with E-state index in [9.17, 15) is 18.0 Å². The third-order valence-electron chi connectivity index (χ3n) is 3.17. The van der Waals surface area contributed by atoms with Crippen LogP contribution >= 0.6 is 0 Å². The van der Waals surface area contributed by atoms with Crippen molar-refractivity contribution in [3.63, 3.8) is 0 Å². The van der Waals surface area contributed by atoms with E-state index in [1.165, 1.54) is 43.0 Å². The van der Waals surface area contributed by atoms with Crippen molar-refractivity contribution < 1.29 is 18.0 Å². The summed E-state index contributed by atoms with van der Waals surface area (Å²) in [6, 6.07) is 5.00. The van der Waals surface area contributed by atoms with E-state index in [1.807, 2.05) is 0 Å². The summed E-state index contributed by atoms with van der Waals surface area (Å²) in [7, 11) is 0. The van der Waals surface area contributed by atoms with E-state index in [2.05, 4.69) is 30.6 Å². The quantitative estimate of drug-likeness (QED) is 0.742. The zero-order valence-electron chi connectivity index (χ0n) is 13.0. The molecule has 26 heavy (non-hydrogen) atoms. The maximum absolute atomic E-state index is 12.5. The van der Waals surface area contributed by atoms with Gasteiger partial charge in [-0.1, -0.05) is 0 Å². The second kappa shape index (κ2) is 7.13. The number of anilines is 3. The van der Waals surface area contributed by atoms with E-state index in [-0.39, 0.29) is 23.0 Å². The van der Waals surface area contributed by atoms with Crippen LogP contribution in [0, 0.1) is 0 Å². The van der Waals surface area contributed by atoms with Gasteiger partial charge in [-0.05, 0) is 24.3 Å². The molecule has 0 aliphatic heterocycles. The highest BCUT2D eigenvalue weighted by Crippen LogP contribution is 2.29. The first-order valence-electron chi connectivity index (χ1n) is 7.25. The predicted octanol–water partition coefficient (Wildman–Crippen LogP) is 3.28. The van der Waals surface area contributed by atoms with E-state index in [0.717, 1.165) is 6.07 Å². The van der Waals surface area contributed by atoms with Gasteiger partial charge in [-0.25, -0.2) is 15.0 Å². The van der Waals surface area contributed by atoms with Crippen LogP contribution in [0.4, 0.5) is 30.6 Å². The highest BCUT2D eigenvalue weighted by molar-refractivity contribution is 6.04. The first-order valence-corrected chi connectivity index (χ1v) is 7.25. The van der Waals surface area contributed by atoms with Crippen LogP contribution in [0.2, 0.25) is 0 Å². The molecule has 0 spiro atoms. The Hall–Kier alpha value is -3.56. The van der Waals surface area contributed by atoms with Crippen LogP contribution in [0.5, 0.6) is 0 Å². The van der Waals surface area contributed by atoms with Crippen LogP contribution in [0.3, 0.4) is 0 Å². The molecule has 0 atom stereocenters. The van der Waals surface area contributed by atoms with Crippen molar-refractivity contribution in [2.24, 2.45) is 0 Å². The number of pyridine rings is 2. The minimum atomic E-state index is -4.46. The zero-order chi connectivity index (χ0) is 18.6. The zero-order valence-corrected chi connectivity index (χ0v) is 13.0. The van der Waals surface area contributed by atoms with Crippen LogP contribution in [0.25, 0.3) is 0 Å². The highest BCUT2D eigenvalue weighted by atomic mass is 19.4. The summed E-state index contributed by atoms with van der Waals surface area (Å²) in [5.41, 5.74) is -0.576. The van der Waals surface area contributed by atoms with Crippen LogP contribution in [0.1, 0.15) is 15.9 Å². The van der Waals surface area contributed by atoms with Gasteiger partial charge in [0.15, 0.2) is 5.82 Å². The van der Waals surface area contributed by atoms with Gasteiger partial charge in [-0.3, -0.25) is 9.78 Å². The lowest BCUT2D eigenvalue weighted by molar-refractivity contribution is -0.137. The maximum atomic E-state index is 12.5. The van der Waals surface area contributed by atoms with Gasteiger partial charge in [-0.2, -0.15) is 13.2 Å². The fourth-order valence-electron chi connectivity index (χ4n) is 1.96. The summed E-state index contributed by atoms with van der Waals surface area (Å²) in [4.78, 5) is 27.7. The number of carbonyl (C=O) groups excluding carboxylic acids is 1. The molecular formula is C16H11F3N6O. The highest BCUT2D eigenvalue weighted by Gasteiger charge is 2.30. The number of nitrogens with one attached hydrogen (secondary N) is 2. The molecule has 7 nitrogen and oxygen atoms in total. The van der Waals surface area contributed by atoms with E-state index >= 15 is 0 Å². The molecule has 2 N–H and O–H groups in total. The van der Waals surface area contributed by atoms with Crippen molar-refractivity contribution in [2.75, 3.05) is 10.6 Å². The van der Waals surface area contributed by atoms with Gasteiger partial charge in [0.25, 0.3) is 5.91 Å². The van der Waals surface area contributed by atoms with Gasteiger partial charge in [0, 0.05) is 30.4 Å². The Labute approximate surface area is 145 Å². The molecule has 0 fully saturated rings. The Kier molecular flexibility index (Phi) is 4.74. The first-order chi connectivity index (χ1) is 12.4. The fraction of sp³-hybridized carbons (Fsp3) is 0.0625. The van der Waals surface area contributed by atoms with E-state index < -0.39 is 17.6 Å². The Bertz CT molecular complexity index is 900. The summed E-state index contributed by atoms with van der Waals surface area (Å²) >= 11 is 0. The third-order valence-corrected chi connectivity index (χ3v) is 3.17. The van der Waals surface area contributed by atoms with Crippen LogP contribution in [0.15, 0.2) is 55.2 Å². The second-order valence-corrected chi connectivity index (χ2v) is 5.03. The molecule has 0 radical (unpaired) electrons. The molecular weight excluding hydrogens is 349 g/mol. The molecule has 1 amide bonds. The minimum Gasteiger partial charge on any atom is -0.325 e. The third kappa shape index (κ3) is 4.29. The monoisotopic (exact) mass is 360 g/mol. The molecule has 0 saturated heterocycles. The van der Waals surface area contributed by atoms with Crippen molar-refractivity contribution in [3.05, 3.63) is 66.4 Å². The Morgan fingerprint density at radius 1 is 0.885 bits per heavy atom. The van der Waals surface area contributed by atoms with Gasteiger partial charge < -0.3 is 10.6 Å². The normalized spacial score (nSPS) is 11.0. The smallest absolute Gasteiger partial charge is 0.325 e. The summed E-state index contributed by atoms with van der Waals surface area (Å²) in [6.45, 7) is 0. The molecule has 0 bridgehead atoms. The van der Waals surface area contributed by atoms with Crippen molar-refractivity contribution in [3.8, 4) is 0 Å². The van der Waals surface area contributed by atoms with Crippen molar-refractivity contribution in [1.82, 2.24) is 19.9 Å². The lowest BCUT2D eigenvalue weighted by Crippen LogP contribution is -2.13. The molecule has 0 aliphatic carbocycles. The number of carbonyl (C=O) groups is 1. The fourth-order valence-corrected chi connectivity index (χ4v) is 1.96. The van der Waals surface area contributed by atoms with Crippen LogP contribution in [-0.2, 0) is 6.18 Å². The standard InChI is InChI=1S/C16H11F3N6O/c17-16(18,19)11-1-2-12(23-8-11)24-13-7-10(3-4-21-13)15(26)25-14-9-20-5-6-22-14/h1-9H,(H,21,23,24)(H,22,25,26). The predicted molar refractivity (Wildman–Crippen MR) is 86.7 cm³/mol. The number of alkyl halides is 3. The Balaban J connectivity index is 1.72. The van der Waals surface area contributed by atoms with E-state index in [0.29, 0.717) is 6.20 Å². The minimum absolute atomic E-state index is 0.164. The largest absolute Gasteiger partial charge is 0.417 e. The molecule has 10 heteroatoms. The van der Waals surface area contributed by atoms with E-state index in [1.54, 1.807) is 0 Å². The van der Waals surface area contributed by atoms with Gasteiger partial charge >= 0.3 is 6.18 Å². The van der Waals surface area contributed by atoms with Crippen LogP contribution < -0.4 is 10.6 Å². The average molecular weight is 360 g/mol. The summed E-state index contributed by atoms with van der Waals surface area (Å²) in [5, 5.41) is 5.31. The Morgan fingerprint density at radius 2 is 1.69 bits per heavy atom.